The number of benzene rings is 2. The molecular formula is C27H24N8OS. The first-order chi connectivity index (χ1) is 18.0. The first-order valence-corrected chi connectivity index (χ1v) is 12.6. The van der Waals surface area contributed by atoms with E-state index in [9.17, 15) is 4.79 Å². The van der Waals surface area contributed by atoms with Gasteiger partial charge in [-0.25, -0.2) is 9.97 Å². The second kappa shape index (κ2) is 11.3. The van der Waals surface area contributed by atoms with E-state index in [0.29, 0.717) is 11.8 Å². The van der Waals surface area contributed by atoms with Crippen LogP contribution in [0.2, 0.25) is 0 Å². The fourth-order valence-corrected chi connectivity index (χ4v) is 4.18. The molecule has 0 fully saturated rings. The molecule has 0 amide bonds. The van der Waals surface area contributed by atoms with Crippen molar-refractivity contribution in [3.63, 3.8) is 0 Å². The highest BCUT2D eigenvalue weighted by Gasteiger charge is 2.15. The second-order valence-electron chi connectivity index (χ2n) is 7.81. The van der Waals surface area contributed by atoms with E-state index in [-0.39, 0.29) is 22.9 Å². The van der Waals surface area contributed by atoms with Gasteiger partial charge in [-0.2, -0.15) is 10.2 Å². The second-order valence-corrected chi connectivity index (χ2v) is 8.69. The lowest BCUT2D eigenvalue weighted by molar-refractivity contribution is 0.833. The van der Waals surface area contributed by atoms with Gasteiger partial charge in [0.1, 0.15) is 23.3 Å². The summed E-state index contributed by atoms with van der Waals surface area (Å²) in [4.78, 5) is 30.9. The predicted octanol–water partition coefficient (Wildman–Crippen LogP) is 4.24. The molecule has 0 bridgehead atoms. The molecule has 0 saturated carbocycles. The molecule has 10 heteroatoms. The van der Waals surface area contributed by atoms with E-state index >= 15 is 0 Å². The van der Waals surface area contributed by atoms with E-state index in [1.54, 1.807) is 22.5 Å². The molecule has 0 spiro atoms. The molecule has 5 aromatic rings. The molecule has 0 unspecified atom stereocenters. The minimum Gasteiger partial charge on any atom is -0.382 e. The maximum Gasteiger partial charge on any atom is 0.266 e. The number of para-hydroxylation sites is 1. The van der Waals surface area contributed by atoms with Gasteiger partial charge in [0.15, 0.2) is 0 Å². The molecule has 0 saturated heterocycles. The molecule has 184 valence electrons. The Morgan fingerprint density at radius 1 is 1.03 bits per heavy atom. The summed E-state index contributed by atoms with van der Waals surface area (Å²) in [6.45, 7) is 2.02. The summed E-state index contributed by atoms with van der Waals surface area (Å²) in [7, 11) is 0. The molecule has 0 aliphatic carbocycles. The number of nitriles is 1. The van der Waals surface area contributed by atoms with Crippen molar-refractivity contribution in [2.45, 2.75) is 18.2 Å². The monoisotopic (exact) mass is 508 g/mol. The average molecular weight is 509 g/mol. The maximum absolute atomic E-state index is 13.6. The standard InChI is InChI=1S/C22H19N3OS.C5H5N5/c1-3-20-24-19-11-7-10-18(15-12-17(27-2)14-23-13-15)21(19)22(26)25(20)16-8-5-4-6-9-16;6-1-3-2-9-5(8)10-4(3)7/h4-14H,3H2,1-2H3;2H,(H4,7,8,9,10). The summed E-state index contributed by atoms with van der Waals surface area (Å²) in [5.41, 5.74) is 14.0. The first-order valence-electron chi connectivity index (χ1n) is 11.3. The van der Waals surface area contributed by atoms with Crippen molar-refractivity contribution in [1.29, 1.82) is 5.26 Å². The number of anilines is 2. The third-order valence-electron chi connectivity index (χ3n) is 5.51. The molecule has 0 aliphatic heterocycles. The molecule has 4 N–H and O–H groups in total. The number of hydrogen-bond donors (Lipinski definition) is 2. The Balaban J connectivity index is 0.000000270. The Hall–Kier alpha value is -4.75. The maximum atomic E-state index is 13.6. The summed E-state index contributed by atoms with van der Waals surface area (Å²) in [5, 5.41) is 8.98. The fourth-order valence-electron chi connectivity index (χ4n) is 3.77. The number of nitrogens with zero attached hydrogens (tertiary/aromatic N) is 6. The van der Waals surface area contributed by atoms with Crippen LogP contribution in [0.25, 0.3) is 27.7 Å². The minimum absolute atomic E-state index is 0.0480. The topological polar surface area (TPSA) is 149 Å². The zero-order valence-electron chi connectivity index (χ0n) is 20.3. The number of nitrogens with two attached hydrogens (primary N) is 2. The Morgan fingerprint density at radius 3 is 2.49 bits per heavy atom. The number of pyridine rings is 1. The van der Waals surface area contributed by atoms with Gasteiger partial charge in [0.2, 0.25) is 5.95 Å². The van der Waals surface area contributed by atoms with Crippen LogP contribution in [0.3, 0.4) is 0 Å². The highest BCUT2D eigenvalue weighted by molar-refractivity contribution is 7.98. The van der Waals surface area contributed by atoms with Gasteiger partial charge in [-0.3, -0.25) is 14.3 Å². The Kier molecular flexibility index (Phi) is 7.76. The summed E-state index contributed by atoms with van der Waals surface area (Å²) >= 11 is 1.63. The molecule has 2 aromatic carbocycles. The number of hydrogen-bond acceptors (Lipinski definition) is 9. The average Bonchev–Trinajstić information content (AvgIpc) is 2.93. The Labute approximate surface area is 217 Å². The van der Waals surface area contributed by atoms with Crippen molar-refractivity contribution in [2.75, 3.05) is 17.7 Å². The van der Waals surface area contributed by atoms with E-state index < -0.39 is 0 Å². The van der Waals surface area contributed by atoms with Gasteiger partial charge in [-0.15, -0.1) is 11.8 Å². The molecular weight excluding hydrogens is 484 g/mol. The molecule has 0 atom stereocenters. The van der Waals surface area contributed by atoms with Gasteiger partial charge in [-0.1, -0.05) is 37.3 Å². The number of fused-ring (bicyclic) bond motifs is 1. The van der Waals surface area contributed by atoms with Crippen LogP contribution < -0.4 is 17.0 Å². The SMILES string of the molecule is CCc1nc2cccc(-c3cncc(SC)c3)c2c(=O)n1-c1ccccc1.N#Cc1cnc(N)nc1N. The van der Waals surface area contributed by atoms with Gasteiger partial charge in [0.25, 0.3) is 5.56 Å². The minimum atomic E-state index is -0.0480. The molecule has 0 aliphatic rings. The molecule has 0 radical (unpaired) electrons. The first kappa shape index (κ1) is 25.3. The Morgan fingerprint density at radius 2 is 1.81 bits per heavy atom. The summed E-state index contributed by atoms with van der Waals surface area (Å²) in [6, 6.07) is 19.4. The molecule has 3 aromatic heterocycles. The predicted molar refractivity (Wildman–Crippen MR) is 147 cm³/mol. The van der Waals surface area contributed by atoms with Crippen LogP contribution in [0.4, 0.5) is 11.8 Å². The van der Waals surface area contributed by atoms with Gasteiger partial charge >= 0.3 is 0 Å². The summed E-state index contributed by atoms with van der Waals surface area (Å²) in [6.07, 6.45) is 7.61. The number of thioether (sulfide) groups is 1. The van der Waals surface area contributed by atoms with Crippen molar-refractivity contribution in [1.82, 2.24) is 24.5 Å². The number of aromatic nitrogens is 5. The largest absolute Gasteiger partial charge is 0.382 e. The summed E-state index contributed by atoms with van der Waals surface area (Å²) < 4.78 is 1.72. The van der Waals surface area contributed by atoms with Gasteiger partial charge in [-0.05, 0) is 36.1 Å². The fraction of sp³-hybridized carbons (Fsp3) is 0.111. The highest BCUT2D eigenvalue weighted by Crippen LogP contribution is 2.28. The van der Waals surface area contributed by atoms with Crippen LogP contribution in [-0.4, -0.2) is 30.8 Å². The number of rotatable bonds is 4. The van der Waals surface area contributed by atoms with E-state index in [1.807, 2.05) is 74.0 Å². The van der Waals surface area contributed by atoms with E-state index in [1.165, 1.54) is 6.20 Å². The smallest absolute Gasteiger partial charge is 0.266 e. The van der Waals surface area contributed by atoms with Crippen LogP contribution in [0, 0.1) is 11.3 Å². The van der Waals surface area contributed by atoms with Crippen LogP contribution in [-0.2, 0) is 6.42 Å². The van der Waals surface area contributed by atoms with Gasteiger partial charge in [0, 0.05) is 29.3 Å². The van der Waals surface area contributed by atoms with Crippen LogP contribution in [0.15, 0.2) is 82.9 Å². The third-order valence-corrected chi connectivity index (χ3v) is 6.21. The van der Waals surface area contributed by atoms with E-state index in [2.05, 4.69) is 21.0 Å². The third kappa shape index (κ3) is 5.42. The van der Waals surface area contributed by atoms with Gasteiger partial charge in [0.05, 0.1) is 22.8 Å². The number of aryl methyl sites for hydroxylation is 1. The molecule has 9 nitrogen and oxygen atoms in total. The molecule has 3 heterocycles. The van der Waals surface area contributed by atoms with Crippen LogP contribution in [0.1, 0.15) is 18.3 Å². The number of nitrogen functional groups attached to an aromatic ring is 2. The molecule has 5 rings (SSSR count). The van der Waals surface area contributed by atoms with Crippen molar-refractivity contribution in [2.24, 2.45) is 0 Å². The Bertz CT molecular complexity index is 1660. The van der Waals surface area contributed by atoms with Crippen molar-refractivity contribution in [3.05, 3.63) is 94.9 Å². The normalized spacial score (nSPS) is 10.4. The van der Waals surface area contributed by atoms with Crippen molar-refractivity contribution in [3.8, 4) is 22.9 Å². The van der Waals surface area contributed by atoms with Crippen molar-refractivity contribution < 1.29 is 0 Å². The zero-order chi connectivity index (χ0) is 26.4. The molecule has 37 heavy (non-hydrogen) atoms. The summed E-state index contributed by atoms with van der Waals surface area (Å²) in [5.74, 6) is 0.957. The zero-order valence-corrected chi connectivity index (χ0v) is 21.1. The van der Waals surface area contributed by atoms with Gasteiger partial charge < -0.3 is 11.5 Å². The van der Waals surface area contributed by atoms with Crippen molar-refractivity contribution >= 4 is 34.4 Å². The quantitative estimate of drug-likeness (QED) is 0.340. The highest BCUT2D eigenvalue weighted by atomic mass is 32.2. The van der Waals surface area contributed by atoms with E-state index in [4.69, 9.17) is 21.7 Å². The van der Waals surface area contributed by atoms with E-state index in [0.717, 1.165) is 33.1 Å². The lowest BCUT2D eigenvalue weighted by atomic mass is 10.0. The van der Waals surface area contributed by atoms with Crippen LogP contribution >= 0.6 is 11.8 Å². The van der Waals surface area contributed by atoms with Crippen LogP contribution in [0.5, 0.6) is 0 Å². The lowest BCUT2D eigenvalue weighted by Crippen LogP contribution is -2.24. The lowest BCUT2D eigenvalue weighted by Gasteiger charge is -2.14.